The molecule has 0 aliphatic carbocycles. The Bertz CT molecular complexity index is 1020. The number of aliphatic imine (C=N–C) groups is 1. The lowest BCUT2D eigenvalue weighted by atomic mass is 10.2. The highest BCUT2D eigenvalue weighted by Gasteiger charge is 2.11. The number of carbonyl (C=O) groups is 1. The number of benzene rings is 2. The molecule has 3 aromatic rings. The second kappa shape index (κ2) is 9.70. The molecule has 1 aromatic heterocycles. The minimum atomic E-state index is -0.863. The normalized spacial score (nSPS) is 11.2. The van der Waals surface area contributed by atoms with Crippen molar-refractivity contribution in [2.24, 2.45) is 10.7 Å². The molecule has 0 fully saturated rings. The lowest BCUT2D eigenvalue weighted by molar-refractivity contribution is 0.211. The van der Waals surface area contributed by atoms with E-state index in [9.17, 15) is 4.79 Å². The quantitative estimate of drug-likeness (QED) is 0.342. The highest BCUT2D eigenvalue weighted by atomic mass is 32.2. The minimum Gasteiger partial charge on any atom is -0.410 e. The van der Waals surface area contributed by atoms with Crippen LogP contribution in [0.15, 0.2) is 70.9 Å². The molecule has 1 amide bonds. The molecule has 0 unspecified atom stereocenters. The van der Waals surface area contributed by atoms with E-state index in [0.717, 1.165) is 16.8 Å². The topological polar surface area (TPSA) is 102 Å². The second-order valence-electron chi connectivity index (χ2n) is 6.08. The molecule has 0 saturated carbocycles. The van der Waals surface area contributed by atoms with Crippen molar-refractivity contribution in [1.82, 2.24) is 9.97 Å². The van der Waals surface area contributed by atoms with Crippen molar-refractivity contribution >= 4 is 35.1 Å². The predicted molar refractivity (Wildman–Crippen MR) is 116 cm³/mol. The van der Waals surface area contributed by atoms with Gasteiger partial charge in [0.1, 0.15) is 11.6 Å². The predicted octanol–water partition coefficient (Wildman–Crippen LogP) is 4.41. The van der Waals surface area contributed by atoms with Gasteiger partial charge in [-0.1, -0.05) is 48.2 Å². The fraction of sp³-hybridized carbons (Fsp3) is 0.143. The zero-order valence-corrected chi connectivity index (χ0v) is 16.9. The van der Waals surface area contributed by atoms with E-state index in [1.54, 1.807) is 24.4 Å². The Morgan fingerprint density at radius 2 is 2.00 bits per heavy atom. The number of nitrogens with two attached hydrogens (primary N) is 1. The highest BCUT2D eigenvalue weighted by molar-refractivity contribution is 7.98. The largest absolute Gasteiger partial charge is 0.410 e. The van der Waals surface area contributed by atoms with Crippen LogP contribution in [0, 0.1) is 0 Å². The first-order valence-electron chi connectivity index (χ1n) is 8.86. The number of amides is 1. The first kappa shape index (κ1) is 20.3. The highest BCUT2D eigenvalue weighted by Crippen LogP contribution is 2.24. The van der Waals surface area contributed by atoms with Crippen LogP contribution in [0.25, 0.3) is 0 Å². The average molecular weight is 407 g/mol. The van der Waals surface area contributed by atoms with Crippen LogP contribution < -0.4 is 15.8 Å². The number of nitrogens with one attached hydrogen (secondary N) is 1. The fourth-order valence-corrected chi connectivity index (χ4v) is 2.93. The van der Waals surface area contributed by atoms with Crippen molar-refractivity contribution in [3.8, 4) is 5.75 Å². The number of hydrogen-bond acceptors (Lipinski definition) is 7. The number of rotatable bonds is 7. The van der Waals surface area contributed by atoms with Gasteiger partial charge in [0.05, 0.1) is 12.1 Å². The van der Waals surface area contributed by atoms with Gasteiger partial charge in [-0.25, -0.2) is 14.8 Å². The zero-order valence-electron chi connectivity index (χ0n) is 16.1. The Morgan fingerprint density at radius 1 is 1.21 bits per heavy atom. The van der Waals surface area contributed by atoms with Crippen molar-refractivity contribution in [2.75, 3.05) is 11.6 Å². The standard InChI is InChI=1S/C21H21N5O2S/c1-14(23-12-15-7-4-3-5-8-15)18-13-24-21(29-2)26-19(18)25-16-9-6-10-17(11-16)28-20(22)27/h3-11,13H,12H2,1-2H3,(H2,22,27)(H,24,25,26). The summed E-state index contributed by atoms with van der Waals surface area (Å²) in [7, 11) is 0. The van der Waals surface area contributed by atoms with E-state index in [1.807, 2.05) is 49.6 Å². The summed E-state index contributed by atoms with van der Waals surface area (Å²) in [5, 5.41) is 3.90. The Balaban J connectivity index is 1.88. The molecule has 3 rings (SSSR count). The molecule has 148 valence electrons. The zero-order chi connectivity index (χ0) is 20.6. The Hall–Kier alpha value is -3.39. The van der Waals surface area contributed by atoms with Gasteiger partial charge < -0.3 is 15.8 Å². The van der Waals surface area contributed by atoms with Crippen molar-refractivity contribution in [3.63, 3.8) is 0 Å². The summed E-state index contributed by atoms with van der Waals surface area (Å²) in [5.74, 6) is 0.965. The molecule has 0 spiro atoms. The molecule has 2 aromatic carbocycles. The Morgan fingerprint density at radius 3 is 2.72 bits per heavy atom. The molecule has 7 nitrogen and oxygen atoms in total. The number of hydrogen-bond donors (Lipinski definition) is 2. The minimum absolute atomic E-state index is 0.345. The van der Waals surface area contributed by atoms with E-state index >= 15 is 0 Å². The number of aromatic nitrogens is 2. The molecule has 0 bridgehead atoms. The summed E-state index contributed by atoms with van der Waals surface area (Å²) in [6, 6.07) is 17.0. The number of ether oxygens (including phenoxy) is 1. The third-order valence-electron chi connectivity index (χ3n) is 4.00. The number of thioether (sulfide) groups is 1. The van der Waals surface area contributed by atoms with Gasteiger partial charge in [0.2, 0.25) is 0 Å². The van der Waals surface area contributed by atoms with Gasteiger partial charge >= 0.3 is 6.09 Å². The number of primary amides is 1. The molecule has 1 heterocycles. The van der Waals surface area contributed by atoms with E-state index in [1.165, 1.54) is 11.8 Å². The maximum Gasteiger partial charge on any atom is 0.409 e. The van der Waals surface area contributed by atoms with Gasteiger partial charge in [0, 0.05) is 23.7 Å². The lowest BCUT2D eigenvalue weighted by Crippen LogP contribution is -2.16. The van der Waals surface area contributed by atoms with Crippen LogP contribution in [0.4, 0.5) is 16.3 Å². The molecule has 0 saturated heterocycles. The molecular weight excluding hydrogens is 386 g/mol. The van der Waals surface area contributed by atoms with Gasteiger partial charge in [-0.15, -0.1) is 0 Å². The third kappa shape index (κ3) is 5.79. The van der Waals surface area contributed by atoms with Crippen LogP contribution >= 0.6 is 11.8 Å². The van der Waals surface area contributed by atoms with Crippen LogP contribution in [-0.2, 0) is 6.54 Å². The van der Waals surface area contributed by atoms with Crippen molar-refractivity contribution in [2.45, 2.75) is 18.6 Å². The second-order valence-corrected chi connectivity index (χ2v) is 6.85. The Labute approximate surface area is 173 Å². The number of nitrogens with zero attached hydrogens (tertiary/aromatic N) is 3. The molecular formula is C21H21N5O2S. The summed E-state index contributed by atoms with van der Waals surface area (Å²) < 4.78 is 4.94. The van der Waals surface area contributed by atoms with E-state index < -0.39 is 6.09 Å². The SMILES string of the molecule is CSc1ncc(C(C)=NCc2ccccc2)c(Nc2cccc(OC(N)=O)c2)n1. The summed E-state index contributed by atoms with van der Waals surface area (Å²) in [5.41, 5.74) is 8.52. The first-order chi connectivity index (χ1) is 14.0. The van der Waals surface area contributed by atoms with Crippen LogP contribution in [0.5, 0.6) is 5.75 Å². The molecule has 8 heteroatoms. The van der Waals surface area contributed by atoms with E-state index in [-0.39, 0.29) is 0 Å². The average Bonchev–Trinajstić information content (AvgIpc) is 2.72. The van der Waals surface area contributed by atoms with Crippen molar-refractivity contribution < 1.29 is 9.53 Å². The van der Waals surface area contributed by atoms with Crippen LogP contribution in [0.3, 0.4) is 0 Å². The van der Waals surface area contributed by atoms with Gasteiger partial charge in [-0.05, 0) is 30.9 Å². The Kier molecular flexibility index (Phi) is 6.80. The van der Waals surface area contributed by atoms with Gasteiger partial charge in [0.15, 0.2) is 5.16 Å². The molecule has 0 atom stereocenters. The number of anilines is 2. The molecule has 0 aliphatic heterocycles. The number of carbonyl (C=O) groups excluding carboxylic acids is 1. The molecule has 3 N–H and O–H groups in total. The van der Waals surface area contributed by atoms with E-state index in [4.69, 9.17) is 10.5 Å². The van der Waals surface area contributed by atoms with Crippen LogP contribution in [0.2, 0.25) is 0 Å². The first-order valence-corrected chi connectivity index (χ1v) is 10.1. The summed E-state index contributed by atoms with van der Waals surface area (Å²) >= 11 is 1.45. The van der Waals surface area contributed by atoms with E-state index in [2.05, 4.69) is 20.3 Å². The van der Waals surface area contributed by atoms with Gasteiger partial charge in [-0.3, -0.25) is 4.99 Å². The summed E-state index contributed by atoms with van der Waals surface area (Å²) in [6.07, 6.45) is 2.81. The van der Waals surface area contributed by atoms with Gasteiger partial charge in [0.25, 0.3) is 0 Å². The molecule has 29 heavy (non-hydrogen) atoms. The fourth-order valence-electron chi connectivity index (χ4n) is 2.59. The van der Waals surface area contributed by atoms with Crippen molar-refractivity contribution in [3.05, 3.63) is 71.9 Å². The van der Waals surface area contributed by atoms with Crippen LogP contribution in [0.1, 0.15) is 18.1 Å². The van der Waals surface area contributed by atoms with E-state index in [0.29, 0.717) is 29.0 Å². The maximum absolute atomic E-state index is 11.0. The van der Waals surface area contributed by atoms with Gasteiger partial charge in [-0.2, -0.15) is 0 Å². The summed E-state index contributed by atoms with van der Waals surface area (Å²) in [4.78, 5) is 24.6. The lowest BCUT2D eigenvalue weighted by Gasteiger charge is -2.12. The van der Waals surface area contributed by atoms with Crippen LogP contribution in [-0.4, -0.2) is 28.0 Å². The third-order valence-corrected chi connectivity index (χ3v) is 4.56. The molecule has 0 radical (unpaired) electrons. The summed E-state index contributed by atoms with van der Waals surface area (Å²) in [6.45, 7) is 2.50. The van der Waals surface area contributed by atoms with Crippen molar-refractivity contribution in [1.29, 1.82) is 0 Å². The smallest absolute Gasteiger partial charge is 0.409 e. The monoisotopic (exact) mass is 407 g/mol. The maximum atomic E-state index is 11.0. The molecule has 0 aliphatic rings.